The minimum Gasteiger partial charge on any atom is -0.454 e. The van der Waals surface area contributed by atoms with Gasteiger partial charge in [0, 0.05) is 6.04 Å². The molecule has 1 saturated carbocycles. The number of carbonyl (C=O) groups is 1. The van der Waals surface area contributed by atoms with Crippen LogP contribution in [0.4, 0.5) is 0 Å². The van der Waals surface area contributed by atoms with Crippen molar-refractivity contribution >= 4 is 5.91 Å². The first-order valence-corrected chi connectivity index (χ1v) is 9.16. The second-order valence-electron chi connectivity index (χ2n) is 7.07. The number of hydrogen-bond acceptors (Lipinski definition) is 4. The number of ether oxygens (including phenoxy) is 2. The molecule has 1 atom stereocenters. The average Bonchev–Trinajstić information content (AvgIpc) is 3.11. The van der Waals surface area contributed by atoms with E-state index in [0.717, 1.165) is 36.3 Å². The number of carbonyl (C=O) groups excluding carboxylic acids is 1. The summed E-state index contributed by atoms with van der Waals surface area (Å²) >= 11 is 0. The molecule has 2 N–H and O–H groups in total. The lowest BCUT2D eigenvalue weighted by atomic mass is 9.72. The summed E-state index contributed by atoms with van der Waals surface area (Å²) in [5.41, 5.74) is 2.08. The zero-order valence-electron chi connectivity index (χ0n) is 15.0. The number of amides is 1. The number of nitrogens with one attached hydrogen (secondary N) is 2. The van der Waals surface area contributed by atoms with Gasteiger partial charge in [0.15, 0.2) is 11.5 Å². The van der Waals surface area contributed by atoms with E-state index in [2.05, 4.69) is 22.8 Å². The second-order valence-corrected chi connectivity index (χ2v) is 7.07. The average molecular weight is 352 g/mol. The third-order valence-electron chi connectivity index (χ3n) is 5.38. The first-order chi connectivity index (χ1) is 12.7. The Bertz CT molecular complexity index is 787. The lowest BCUT2D eigenvalue weighted by Crippen LogP contribution is -2.53. The van der Waals surface area contributed by atoms with E-state index in [1.807, 2.05) is 43.3 Å². The van der Waals surface area contributed by atoms with Gasteiger partial charge < -0.3 is 20.1 Å². The Morgan fingerprint density at radius 1 is 1.12 bits per heavy atom. The molecule has 1 fully saturated rings. The van der Waals surface area contributed by atoms with Gasteiger partial charge in [-0.2, -0.15) is 0 Å². The van der Waals surface area contributed by atoms with Crippen molar-refractivity contribution in [2.45, 2.75) is 37.8 Å². The van der Waals surface area contributed by atoms with E-state index in [9.17, 15) is 4.79 Å². The molecule has 2 aliphatic rings. The van der Waals surface area contributed by atoms with E-state index < -0.39 is 0 Å². The Morgan fingerprint density at radius 2 is 1.88 bits per heavy atom. The first kappa shape index (κ1) is 16.9. The van der Waals surface area contributed by atoms with Crippen LogP contribution in [0.2, 0.25) is 0 Å². The lowest BCUT2D eigenvalue weighted by molar-refractivity contribution is -0.123. The number of benzene rings is 2. The Morgan fingerprint density at radius 3 is 2.62 bits per heavy atom. The summed E-state index contributed by atoms with van der Waals surface area (Å²) in [7, 11) is 0. The van der Waals surface area contributed by atoms with Crippen molar-refractivity contribution in [2.24, 2.45) is 0 Å². The van der Waals surface area contributed by atoms with E-state index in [1.165, 1.54) is 5.56 Å². The van der Waals surface area contributed by atoms with Gasteiger partial charge in [-0.3, -0.25) is 4.79 Å². The third-order valence-corrected chi connectivity index (χ3v) is 5.38. The van der Waals surface area contributed by atoms with Crippen molar-refractivity contribution in [1.82, 2.24) is 10.6 Å². The van der Waals surface area contributed by atoms with Crippen LogP contribution in [0.3, 0.4) is 0 Å². The van der Waals surface area contributed by atoms with Crippen molar-refractivity contribution in [1.29, 1.82) is 0 Å². The fourth-order valence-electron chi connectivity index (χ4n) is 3.63. The molecule has 5 heteroatoms. The summed E-state index contributed by atoms with van der Waals surface area (Å²) in [6.45, 7) is 2.59. The van der Waals surface area contributed by atoms with E-state index in [0.29, 0.717) is 0 Å². The quantitative estimate of drug-likeness (QED) is 0.838. The second kappa shape index (κ2) is 7.00. The highest BCUT2D eigenvalue weighted by molar-refractivity contribution is 5.79. The molecule has 0 bridgehead atoms. The maximum absolute atomic E-state index is 12.5. The summed E-state index contributed by atoms with van der Waals surface area (Å²) in [4.78, 5) is 12.5. The largest absolute Gasteiger partial charge is 0.454 e. The molecule has 0 radical (unpaired) electrons. The molecule has 5 nitrogen and oxygen atoms in total. The minimum absolute atomic E-state index is 0.0288. The third kappa shape index (κ3) is 3.27. The molecule has 1 aliphatic heterocycles. The van der Waals surface area contributed by atoms with Crippen LogP contribution in [0.25, 0.3) is 0 Å². The zero-order valence-corrected chi connectivity index (χ0v) is 15.0. The van der Waals surface area contributed by atoms with Gasteiger partial charge >= 0.3 is 0 Å². The SMILES string of the molecule is CC(NCC(=O)NC1(c2ccccc2)CCC1)c1ccc2c(c1)OCO2. The van der Waals surface area contributed by atoms with Crippen LogP contribution in [0, 0.1) is 0 Å². The predicted molar refractivity (Wildman–Crippen MR) is 99.1 cm³/mol. The molecule has 2 aromatic rings. The summed E-state index contributed by atoms with van der Waals surface area (Å²) < 4.78 is 10.8. The van der Waals surface area contributed by atoms with Gasteiger partial charge in [-0.05, 0) is 49.4 Å². The maximum Gasteiger partial charge on any atom is 0.234 e. The van der Waals surface area contributed by atoms with Crippen molar-refractivity contribution in [2.75, 3.05) is 13.3 Å². The van der Waals surface area contributed by atoms with Crippen LogP contribution in [-0.4, -0.2) is 19.2 Å². The number of rotatable bonds is 6. The topological polar surface area (TPSA) is 59.6 Å². The highest BCUT2D eigenvalue weighted by Crippen LogP contribution is 2.41. The van der Waals surface area contributed by atoms with Crippen LogP contribution in [0.5, 0.6) is 11.5 Å². The molecule has 26 heavy (non-hydrogen) atoms. The summed E-state index contributed by atoms with van der Waals surface area (Å²) in [6.07, 6.45) is 3.15. The Kier molecular flexibility index (Phi) is 4.55. The van der Waals surface area contributed by atoms with Crippen LogP contribution < -0.4 is 20.1 Å². The van der Waals surface area contributed by atoms with Crippen LogP contribution in [0.15, 0.2) is 48.5 Å². The van der Waals surface area contributed by atoms with Crippen molar-refractivity contribution < 1.29 is 14.3 Å². The molecule has 1 amide bonds. The fourth-order valence-corrected chi connectivity index (χ4v) is 3.63. The van der Waals surface area contributed by atoms with E-state index >= 15 is 0 Å². The monoisotopic (exact) mass is 352 g/mol. The molecular formula is C21H24N2O3. The summed E-state index contributed by atoms with van der Waals surface area (Å²) in [5, 5.41) is 6.55. The van der Waals surface area contributed by atoms with Gasteiger partial charge in [0.25, 0.3) is 0 Å². The molecular weight excluding hydrogens is 328 g/mol. The molecule has 1 unspecified atom stereocenters. The smallest absolute Gasteiger partial charge is 0.234 e. The standard InChI is InChI=1S/C21H24N2O3/c1-15(16-8-9-18-19(12-16)26-14-25-18)22-13-20(24)23-21(10-5-11-21)17-6-3-2-4-7-17/h2-4,6-9,12,15,22H,5,10-11,13-14H2,1H3,(H,23,24). The Balaban J connectivity index is 1.35. The minimum atomic E-state index is -0.192. The van der Waals surface area contributed by atoms with Gasteiger partial charge in [-0.1, -0.05) is 36.4 Å². The molecule has 1 aliphatic carbocycles. The van der Waals surface area contributed by atoms with Crippen LogP contribution in [-0.2, 0) is 10.3 Å². The number of fused-ring (bicyclic) bond motifs is 1. The summed E-state index contributed by atoms with van der Waals surface area (Å²) in [5.74, 6) is 1.56. The van der Waals surface area contributed by atoms with Crippen molar-refractivity contribution in [3.63, 3.8) is 0 Å². The molecule has 2 aromatic carbocycles. The van der Waals surface area contributed by atoms with Crippen LogP contribution in [0.1, 0.15) is 43.4 Å². The molecule has 0 spiro atoms. The normalized spacial score (nSPS) is 18.0. The van der Waals surface area contributed by atoms with Crippen molar-refractivity contribution in [3.8, 4) is 11.5 Å². The Labute approximate surface area is 153 Å². The molecule has 1 heterocycles. The van der Waals surface area contributed by atoms with E-state index in [1.54, 1.807) is 0 Å². The molecule has 4 rings (SSSR count). The predicted octanol–water partition coefficient (Wildman–Crippen LogP) is 3.26. The molecule has 0 aromatic heterocycles. The van der Waals surface area contributed by atoms with Gasteiger partial charge in [-0.25, -0.2) is 0 Å². The van der Waals surface area contributed by atoms with E-state index in [4.69, 9.17) is 9.47 Å². The summed E-state index contributed by atoms with van der Waals surface area (Å²) in [6, 6.07) is 16.2. The van der Waals surface area contributed by atoms with Gasteiger partial charge in [0.05, 0.1) is 12.1 Å². The molecule has 136 valence electrons. The number of hydrogen-bond donors (Lipinski definition) is 2. The maximum atomic E-state index is 12.5. The molecule has 0 saturated heterocycles. The first-order valence-electron chi connectivity index (χ1n) is 9.16. The van der Waals surface area contributed by atoms with Gasteiger partial charge in [-0.15, -0.1) is 0 Å². The Hall–Kier alpha value is -2.53. The highest BCUT2D eigenvalue weighted by Gasteiger charge is 2.39. The zero-order chi connectivity index (χ0) is 18.0. The van der Waals surface area contributed by atoms with E-state index in [-0.39, 0.29) is 30.8 Å². The van der Waals surface area contributed by atoms with Crippen molar-refractivity contribution in [3.05, 3.63) is 59.7 Å². The fraction of sp³-hybridized carbons (Fsp3) is 0.381. The highest BCUT2D eigenvalue weighted by atomic mass is 16.7. The van der Waals surface area contributed by atoms with Crippen LogP contribution >= 0.6 is 0 Å². The van der Waals surface area contributed by atoms with Gasteiger partial charge in [0.1, 0.15) is 0 Å². The van der Waals surface area contributed by atoms with Gasteiger partial charge in [0.2, 0.25) is 12.7 Å². The lowest BCUT2D eigenvalue weighted by Gasteiger charge is -2.43.